The fraction of sp³-hybridized carbons (Fsp3) is 0.308. The highest BCUT2D eigenvalue weighted by Gasteiger charge is 2.39. The summed E-state index contributed by atoms with van der Waals surface area (Å²) in [5, 5.41) is 8.97. The monoisotopic (exact) mass is 304 g/mol. The molecule has 0 atom stereocenters. The molecule has 0 bridgehead atoms. The van der Waals surface area contributed by atoms with E-state index < -0.39 is 5.54 Å². The number of aromatic nitrogens is 3. The first-order chi connectivity index (χ1) is 9.74. The van der Waals surface area contributed by atoms with Gasteiger partial charge in [0.25, 0.3) is 5.89 Å². The molecule has 0 spiro atoms. The second-order valence-corrected chi connectivity index (χ2v) is 6.75. The molecule has 0 unspecified atom stereocenters. The molecule has 3 aromatic heterocycles. The highest BCUT2D eigenvalue weighted by molar-refractivity contribution is 7.20. The van der Waals surface area contributed by atoms with E-state index in [4.69, 9.17) is 10.3 Å². The Balaban J connectivity index is 1.65. The first-order valence-corrected chi connectivity index (χ1v) is 8.13. The van der Waals surface area contributed by atoms with Gasteiger partial charge in [-0.1, -0.05) is 11.2 Å². The van der Waals surface area contributed by atoms with Gasteiger partial charge >= 0.3 is 0 Å². The van der Waals surface area contributed by atoms with Crippen molar-refractivity contribution in [3.8, 4) is 21.5 Å². The second kappa shape index (κ2) is 4.47. The minimum absolute atomic E-state index is 0.394. The van der Waals surface area contributed by atoms with E-state index in [1.807, 2.05) is 16.8 Å². The van der Waals surface area contributed by atoms with Crippen molar-refractivity contribution >= 4 is 22.7 Å². The molecule has 1 aliphatic carbocycles. The molecule has 102 valence electrons. The number of thiophene rings is 1. The zero-order valence-electron chi connectivity index (χ0n) is 10.6. The molecule has 5 nitrogen and oxygen atoms in total. The van der Waals surface area contributed by atoms with Crippen molar-refractivity contribution in [3.05, 3.63) is 28.7 Å². The van der Waals surface area contributed by atoms with Crippen LogP contribution in [0.15, 0.2) is 27.4 Å². The molecule has 0 radical (unpaired) electrons. The molecule has 3 aromatic rings. The number of nitrogens with two attached hydrogens (primary N) is 1. The van der Waals surface area contributed by atoms with E-state index in [1.165, 1.54) is 0 Å². The quantitative estimate of drug-likeness (QED) is 0.803. The summed E-state index contributed by atoms with van der Waals surface area (Å²) in [7, 11) is 0. The SMILES string of the molecule is NC1(c2noc(-c3csc(-c4cccs4)n3)n2)CCC1. The van der Waals surface area contributed by atoms with Crippen LogP contribution in [0, 0.1) is 0 Å². The van der Waals surface area contributed by atoms with Crippen LogP contribution >= 0.6 is 22.7 Å². The lowest BCUT2D eigenvalue weighted by Crippen LogP contribution is -2.44. The Bertz CT molecular complexity index is 727. The molecular formula is C13H12N4OS2. The van der Waals surface area contributed by atoms with Gasteiger partial charge in [0.2, 0.25) is 0 Å². The Hall–Kier alpha value is -1.57. The number of rotatable bonds is 3. The third-order valence-corrected chi connectivity index (χ3v) is 5.45. The van der Waals surface area contributed by atoms with Gasteiger partial charge in [-0.3, -0.25) is 0 Å². The van der Waals surface area contributed by atoms with Gasteiger partial charge in [0.05, 0.1) is 10.4 Å². The van der Waals surface area contributed by atoms with Crippen LogP contribution in [0.3, 0.4) is 0 Å². The van der Waals surface area contributed by atoms with Crippen LogP contribution < -0.4 is 5.73 Å². The van der Waals surface area contributed by atoms with Crippen LogP contribution in [0.25, 0.3) is 21.5 Å². The third-order valence-electron chi connectivity index (χ3n) is 3.57. The first kappa shape index (κ1) is 12.2. The predicted molar refractivity (Wildman–Crippen MR) is 78.4 cm³/mol. The number of nitrogens with zero attached hydrogens (tertiary/aromatic N) is 3. The zero-order chi connectivity index (χ0) is 13.6. The van der Waals surface area contributed by atoms with E-state index in [1.54, 1.807) is 22.7 Å². The molecule has 0 amide bonds. The number of thiazole rings is 1. The summed E-state index contributed by atoms with van der Waals surface area (Å²) in [5.41, 5.74) is 6.52. The molecule has 1 aliphatic rings. The maximum absolute atomic E-state index is 6.20. The molecule has 2 N–H and O–H groups in total. The van der Waals surface area contributed by atoms with Crippen LogP contribution in [0.4, 0.5) is 0 Å². The van der Waals surface area contributed by atoms with Crippen molar-refractivity contribution in [1.29, 1.82) is 0 Å². The van der Waals surface area contributed by atoms with E-state index in [-0.39, 0.29) is 0 Å². The molecule has 20 heavy (non-hydrogen) atoms. The molecule has 0 aromatic carbocycles. The lowest BCUT2D eigenvalue weighted by molar-refractivity contribution is 0.229. The Morgan fingerprint density at radius 2 is 2.15 bits per heavy atom. The summed E-state index contributed by atoms with van der Waals surface area (Å²) in [6.45, 7) is 0. The third kappa shape index (κ3) is 1.90. The van der Waals surface area contributed by atoms with Gasteiger partial charge in [0.15, 0.2) is 5.82 Å². The van der Waals surface area contributed by atoms with Crippen LogP contribution in [0.1, 0.15) is 25.1 Å². The summed E-state index contributed by atoms with van der Waals surface area (Å²) >= 11 is 3.25. The topological polar surface area (TPSA) is 77.8 Å². The average Bonchev–Trinajstić information content (AvgIpc) is 3.13. The van der Waals surface area contributed by atoms with Crippen molar-refractivity contribution in [3.63, 3.8) is 0 Å². The summed E-state index contributed by atoms with van der Waals surface area (Å²) in [6.07, 6.45) is 2.96. The van der Waals surface area contributed by atoms with E-state index in [0.29, 0.717) is 11.7 Å². The van der Waals surface area contributed by atoms with Crippen molar-refractivity contribution < 1.29 is 4.52 Å². The van der Waals surface area contributed by atoms with Gasteiger partial charge in [-0.05, 0) is 30.7 Å². The Kier molecular flexibility index (Phi) is 2.73. The van der Waals surface area contributed by atoms with Gasteiger partial charge in [0, 0.05) is 5.38 Å². The summed E-state index contributed by atoms with van der Waals surface area (Å²) in [4.78, 5) is 10.1. The fourth-order valence-electron chi connectivity index (χ4n) is 2.20. The predicted octanol–water partition coefficient (Wildman–Crippen LogP) is 3.26. The molecule has 1 fully saturated rings. The lowest BCUT2D eigenvalue weighted by atomic mass is 9.77. The van der Waals surface area contributed by atoms with Crippen LogP contribution in [-0.4, -0.2) is 15.1 Å². The Labute approximate surface area is 123 Å². The lowest BCUT2D eigenvalue weighted by Gasteiger charge is -2.34. The van der Waals surface area contributed by atoms with E-state index in [9.17, 15) is 0 Å². The smallest absolute Gasteiger partial charge is 0.277 e. The standard InChI is InChI=1S/C13H12N4OS2/c14-13(4-2-5-13)12-16-10(18-17-12)8-7-20-11(15-8)9-3-1-6-19-9/h1,3,6-7H,2,4-5,14H2. The van der Waals surface area contributed by atoms with Crippen LogP contribution in [0.2, 0.25) is 0 Å². The molecule has 4 rings (SSSR count). The zero-order valence-corrected chi connectivity index (χ0v) is 12.2. The van der Waals surface area contributed by atoms with Crippen molar-refractivity contribution in [2.45, 2.75) is 24.8 Å². The number of hydrogen-bond acceptors (Lipinski definition) is 7. The van der Waals surface area contributed by atoms with Crippen molar-refractivity contribution in [2.24, 2.45) is 5.73 Å². The normalized spacial score (nSPS) is 17.1. The Morgan fingerprint density at radius 1 is 1.25 bits per heavy atom. The summed E-state index contributed by atoms with van der Waals surface area (Å²) in [5.74, 6) is 1.06. The maximum Gasteiger partial charge on any atom is 0.277 e. The maximum atomic E-state index is 6.20. The average molecular weight is 304 g/mol. The molecule has 1 saturated carbocycles. The van der Waals surface area contributed by atoms with Crippen molar-refractivity contribution in [2.75, 3.05) is 0 Å². The largest absolute Gasteiger partial charge is 0.332 e. The van der Waals surface area contributed by atoms with Crippen molar-refractivity contribution in [1.82, 2.24) is 15.1 Å². The summed E-state index contributed by atoms with van der Waals surface area (Å²) < 4.78 is 5.31. The van der Waals surface area contributed by atoms with Gasteiger partial charge in [-0.2, -0.15) is 4.98 Å². The summed E-state index contributed by atoms with van der Waals surface area (Å²) in [6, 6.07) is 4.07. The fourth-order valence-corrected chi connectivity index (χ4v) is 3.80. The molecule has 3 heterocycles. The van der Waals surface area contributed by atoms with Gasteiger partial charge in [0.1, 0.15) is 10.7 Å². The van der Waals surface area contributed by atoms with Gasteiger partial charge < -0.3 is 10.3 Å². The van der Waals surface area contributed by atoms with Crippen LogP contribution in [-0.2, 0) is 5.54 Å². The minimum Gasteiger partial charge on any atom is -0.332 e. The van der Waals surface area contributed by atoms with Gasteiger partial charge in [-0.15, -0.1) is 22.7 Å². The van der Waals surface area contributed by atoms with E-state index in [2.05, 4.69) is 21.2 Å². The van der Waals surface area contributed by atoms with Gasteiger partial charge in [-0.25, -0.2) is 4.98 Å². The Morgan fingerprint density at radius 3 is 2.85 bits per heavy atom. The molecule has 0 aliphatic heterocycles. The molecule has 0 saturated heterocycles. The molecule has 7 heteroatoms. The number of hydrogen-bond donors (Lipinski definition) is 1. The molecular weight excluding hydrogens is 292 g/mol. The van der Waals surface area contributed by atoms with E-state index in [0.717, 1.165) is 34.8 Å². The highest BCUT2D eigenvalue weighted by Crippen LogP contribution is 2.38. The minimum atomic E-state index is -0.394. The highest BCUT2D eigenvalue weighted by atomic mass is 32.1. The van der Waals surface area contributed by atoms with Crippen LogP contribution in [0.5, 0.6) is 0 Å². The first-order valence-electron chi connectivity index (χ1n) is 6.37. The second-order valence-electron chi connectivity index (χ2n) is 4.95. The van der Waals surface area contributed by atoms with E-state index >= 15 is 0 Å².